The Kier molecular flexibility index (Phi) is 4.61. The normalized spacial score (nSPS) is 17.7. The number of carboxylic acid groups (broad SMARTS) is 1. The number of halogens is 2. The van der Waals surface area contributed by atoms with Crippen LogP contribution in [0.25, 0.3) is 0 Å². The molecular weight excluding hydrogens is 297 g/mol. The molecule has 1 heterocycles. The highest BCUT2D eigenvalue weighted by Crippen LogP contribution is 2.29. The number of carbonyl (C=O) groups is 1. The van der Waals surface area contributed by atoms with Crippen LogP contribution in [0.2, 0.25) is 10.0 Å². The Hall–Kier alpha value is -0.620. The second-order valence-electron chi connectivity index (χ2n) is 3.73. The molecule has 0 radical (unpaired) electrons. The molecule has 18 heavy (non-hydrogen) atoms. The van der Waals surface area contributed by atoms with Gasteiger partial charge in [0, 0.05) is 23.2 Å². The summed E-state index contributed by atoms with van der Waals surface area (Å²) in [6, 6.07) is 4.71. The largest absolute Gasteiger partial charge is 0.477 e. The first-order valence-electron chi connectivity index (χ1n) is 5.24. The summed E-state index contributed by atoms with van der Waals surface area (Å²) in [5.74, 6) is 0.845. The molecule has 7 heteroatoms. The maximum Gasteiger partial charge on any atom is 0.360 e. The highest BCUT2D eigenvalue weighted by molar-refractivity contribution is 7.99. The van der Waals surface area contributed by atoms with Crippen molar-refractivity contribution in [1.29, 1.82) is 0 Å². The van der Waals surface area contributed by atoms with E-state index in [-0.39, 0.29) is 0 Å². The molecule has 1 aromatic rings. The number of nitrogens with zero attached hydrogens (tertiary/aromatic N) is 1. The quantitative estimate of drug-likeness (QED) is 0.927. The topological polar surface area (TPSA) is 49.8 Å². The second-order valence-corrected chi connectivity index (χ2v) is 5.65. The number of benzene rings is 1. The van der Waals surface area contributed by atoms with Gasteiger partial charge in [-0.3, -0.25) is 0 Å². The smallest absolute Gasteiger partial charge is 0.360 e. The molecule has 0 spiro atoms. The first kappa shape index (κ1) is 13.8. The molecule has 0 amide bonds. The number of aliphatic carboxylic acids is 1. The van der Waals surface area contributed by atoms with Crippen LogP contribution in [0.3, 0.4) is 0 Å². The van der Waals surface area contributed by atoms with E-state index >= 15 is 0 Å². The van der Waals surface area contributed by atoms with Crippen molar-refractivity contribution >= 4 is 40.9 Å². The van der Waals surface area contributed by atoms with Gasteiger partial charge in [0.05, 0.1) is 5.02 Å². The van der Waals surface area contributed by atoms with Crippen LogP contribution in [-0.2, 0) is 4.79 Å². The van der Waals surface area contributed by atoms with Crippen LogP contribution in [0.5, 0.6) is 5.75 Å². The lowest BCUT2D eigenvalue weighted by atomic mass is 10.3. The fraction of sp³-hybridized carbons (Fsp3) is 0.364. The van der Waals surface area contributed by atoms with Crippen molar-refractivity contribution in [2.45, 2.75) is 6.23 Å². The fourth-order valence-corrected chi connectivity index (χ4v) is 3.03. The van der Waals surface area contributed by atoms with Crippen LogP contribution in [0.4, 0.5) is 0 Å². The van der Waals surface area contributed by atoms with E-state index < -0.39 is 12.2 Å². The third-order valence-corrected chi connectivity index (χ3v) is 3.97. The van der Waals surface area contributed by atoms with Crippen molar-refractivity contribution in [2.24, 2.45) is 0 Å². The Morgan fingerprint density at radius 3 is 2.83 bits per heavy atom. The van der Waals surface area contributed by atoms with Gasteiger partial charge in [-0.05, 0) is 18.2 Å². The Balaban J connectivity index is 2.15. The van der Waals surface area contributed by atoms with Crippen molar-refractivity contribution in [3.05, 3.63) is 28.2 Å². The molecule has 1 aromatic carbocycles. The fourth-order valence-electron chi connectivity index (χ4n) is 1.59. The monoisotopic (exact) mass is 307 g/mol. The summed E-state index contributed by atoms with van der Waals surface area (Å²) < 4.78 is 5.47. The molecule has 4 nitrogen and oxygen atoms in total. The first-order chi connectivity index (χ1) is 8.58. The van der Waals surface area contributed by atoms with Crippen LogP contribution >= 0.6 is 35.0 Å². The van der Waals surface area contributed by atoms with Gasteiger partial charge in [0.15, 0.2) is 0 Å². The zero-order chi connectivity index (χ0) is 13.1. The summed E-state index contributed by atoms with van der Waals surface area (Å²) in [5, 5.41) is 9.98. The zero-order valence-corrected chi connectivity index (χ0v) is 11.6. The van der Waals surface area contributed by atoms with Gasteiger partial charge in [0.25, 0.3) is 6.23 Å². The zero-order valence-electron chi connectivity index (χ0n) is 9.31. The number of rotatable bonds is 4. The highest BCUT2D eigenvalue weighted by atomic mass is 35.5. The molecule has 1 aliphatic rings. The van der Waals surface area contributed by atoms with Gasteiger partial charge >= 0.3 is 5.97 Å². The van der Waals surface area contributed by atoms with Gasteiger partial charge in [-0.2, -0.15) is 0 Å². The van der Waals surface area contributed by atoms with E-state index in [4.69, 9.17) is 27.9 Å². The molecule has 1 aliphatic heterocycles. The van der Waals surface area contributed by atoms with Gasteiger partial charge in [0.2, 0.25) is 0 Å². The second kappa shape index (κ2) is 6.02. The Morgan fingerprint density at radius 2 is 2.28 bits per heavy atom. The number of ether oxygens (including phenoxy) is 1. The average Bonchev–Trinajstić information content (AvgIpc) is 2.80. The van der Waals surface area contributed by atoms with Gasteiger partial charge < -0.3 is 9.84 Å². The van der Waals surface area contributed by atoms with Crippen LogP contribution < -0.4 is 4.74 Å². The van der Waals surface area contributed by atoms with Gasteiger partial charge in [0.1, 0.15) is 5.75 Å². The molecule has 1 atom stereocenters. The minimum atomic E-state index is -1.02. The van der Waals surface area contributed by atoms with E-state index in [1.54, 1.807) is 28.8 Å². The van der Waals surface area contributed by atoms with Gasteiger partial charge in [-0.15, -0.1) is 11.8 Å². The number of carboxylic acids is 1. The van der Waals surface area contributed by atoms with Gasteiger partial charge in [-0.25, -0.2) is 9.69 Å². The molecule has 0 saturated carbocycles. The third-order valence-electron chi connectivity index (χ3n) is 2.46. The van der Waals surface area contributed by atoms with Crippen LogP contribution in [0.15, 0.2) is 18.2 Å². The van der Waals surface area contributed by atoms with Crippen LogP contribution in [-0.4, -0.2) is 40.4 Å². The van der Waals surface area contributed by atoms with E-state index in [0.717, 1.165) is 5.75 Å². The Bertz CT molecular complexity index is 452. The van der Waals surface area contributed by atoms with Gasteiger partial charge in [-0.1, -0.05) is 23.2 Å². The number of hydrogen-bond acceptors (Lipinski definition) is 4. The highest BCUT2D eigenvalue weighted by Gasteiger charge is 2.30. The SMILES string of the molecule is O=C(O)C(Oc1ccc(Cl)cc1Cl)N1CCSC1. The Morgan fingerprint density at radius 1 is 1.50 bits per heavy atom. The van der Waals surface area contributed by atoms with E-state index in [9.17, 15) is 9.90 Å². The molecule has 1 saturated heterocycles. The number of hydrogen-bond donors (Lipinski definition) is 1. The minimum absolute atomic E-state index is 0.306. The molecule has 1 fully saturated rings. The van der Waals surface area contributed by atoms with Crippen molar-refractivity contribution in [3.63, 3.8) is 0 Å². The molecular formula is C11H11Cl2NO3S. The lowest BCUT2D eigenvalue weighted by Gasteiger charge is -2.24. The molecule has 2 rings (SSSR count). The van der Waals surface area contributed by atoms with E-state index in [1.807, 2.05) is 0 Å². The summed E-state index contributed by atoms with van der Waals surface area (Å²) in [6.45, 7) is 0.687. The van der Waals surface area contributed by atoms with Crippen molar-refractivity contribution < 1.29 is 14.6 Å². The predicted molar refractivity (Wildman–Crippen MR) is 72.5 cm³/mol. The average molecular weight is 308 g/mol. The maximum absolute atomic E-state index is 11.2. The molecule has 0 aromatic heterocycles. The van der Waals surface area contributed by atoms with E-state index in [2.05, 4.69) is 0 Å². The van der Waals surface area contributed by atoms with Crippen molar-refractivity contribution in [2.75, 3.05) is 18.2 Å². The molecule has 1 N–H and O–H groups in total. The summed E-state index contributed by atoms with van der Waals surface area (Å²) in [4.78, 5) is 13.0. The van der Waals surface area contributed by atoms with Crippen molar-refractivity contribution in [1.82, 2.24) is 4.90 Å². The molecule has 1 unspecified atom stereocenters. The van der Waals surface area contributed by atoms with E-state index in [0.29, 0.717) is 28.2 Å². The standard InChI is InChI=1S/C11H11Cl2NO3S/c12-7-1-2-9(8(13)5-7)17-10(11(15)16)14-3-4-18-6-14/h1-2,5,10H,3-4,6H2,(H,15,16). The third kappa shape index (κ3) is 3.23. The molecule has 98 valence electrons. The first-order valence-corrected chi connectivity index (χ1v) is 7.15. The Labute approximate surface area is 119 Å². The van der Waals surface area contributed by atoms with Crippen molar-refractivity contribution in [3.8, 4) is 5.75 Å². The number of thioether (sulfide) groups is 1. The summed E-state index contributed by atoms with van der Waals surface area (Å²) in [5.41, 5.74) is 0. The summed E-state index contributed by atoms with van der Waals surface area (Å²) >= 11 is 13.4. The van der Waals surface area contributed by atoms with Crippen LogP contribution in [0, 0.1) is 0 Å². The van der Waals surface area contributed by atoms with Crippen LogP contribution in [0.1, 0.15) is 0 Å². The minimum Gasteiger partial charge on any atom is -0.477 e. The maximum atomic E-state index is 11.2. The lowest BCUT2D eigenvalue weighted by Crippen LogP contribution is -2.43. The molecule has 0 aliphatic carbocycles. The predicted octanol–water partition coefficient (Wildman–Crippen LogP) is 2.79. The summed E-state index contributed by atoms with van der Waals surface area (Å²) in [7, 11) is 0. The lowest BCUT2D eigenvalue weighted by molar-refractivity contribution is -0.153. The molecule has 0 bridgehead atoms. The summed E-state index contributed by atoms with van der Waals surface area (Å²) in [6.07, 6.45) is -1.02. The van der Waals surface area contributed by atoms with E-state index in [1.165, 1.54) is 6.07 Å².